The second-order valence-electron chi connectivity index (χ2n) is 6.60. The second-order valence-corrected chi connectivity index (χ2v) is 6.60. The molecule has 2 atom stereocenters. The number of benzene rings is 1. The van der Waals surface area contributed by atoms with Crippen LogP contribution in [0.15, 0.2) is 23.8 Å². The van der Waals surface area contributed by atoms with Gasteiger partial charge < -0.3 is 14.9 Å². The van der Waals surface area contributed by atoms with Gasteiger partial charge in [0.15, 0.2) is 0 Å². The van der Waals surface area contributed by atoms with Crippen molar-refractivity contribution in [3.8, 4) is 11.5 Å². The summed E-state index contributed by atoms with van der Waals surface area (Å²) in [6.45, 7) is 6.17. The molecule has 1 heterocycles. The molecule has 2 N–H and O–H groups in total. The Hall–Kier alpha value is -1.97. The normalized spacial score (nSPS) is 26.1. The van der Waals surface area contributed by atoms with Gasteiger partial charge in [0, 0.05) is 17.4 Å². The van der Waals surface area contributed by atoms with Crippen molar-refractivity contribution < 1.29 is 19.7 Å². The van der Waals surface area contributed by atoms with Crippen molar-refractivity contribution in [3.05, 3.63) is 34.9 Å². The molecule has 0 aromatic heterocycles. The minimum atomic E-state index is -1.06. The number of carboxylic acids is 1. The minimum Gasteiger partial charge on any atom is -0.507 e. The van der Waals surface area contributed by atoms with E-state index in [1.807, 2.05) is 13.8 Å². The third-order valence-corrected chi connectivity index (χ3v) is 4.71. The number of phenols is 1. The number of aromatic hydroxyl groups is 1. The molecule has 3 rings (SSSR count). The molecule has 1 aromatic carbocycles. The van der Waals surface area contributed by atoms with Gasteiger partial charge in [-0.25, -0.2) is 4.79 Å². The van der Waals surface area contributed by atoms with E-state index in [1.165, 1.54) is 17.7 Å². The fraction of sp³-hybridized carbons (Fsp3) is 0.471. The van der Waals surface area contributed by atoms with Crippen molar-refractivity contribution in [2.45, 2.75) is 45.1 Å². The molecule has 21 heavy (non-hydrogen) atoms. The van der Waals surface area contributed by atoms with E-state index >= 15 is 0 Å². The quantitative estimate of drug-likeness (QED) is 0.773. The highest BCUT2D eigenvalue weighted by atomic mass is 16.5. The van der Waals surface area contributed by atoms with Crippen LogP contribution < -0.4 is 4.74 Å². The molecule has 0 unspecified atom stereocenters. The van der Waals surface area contributed by atoms with Gasteiger partial charge in [0.1, 0.15) is 17.1 Å². The van der Waals surface area contributed by atoms with Crippen LogP contribution in [0.5, 0.6) is 11.5 Å². The monoisotopic (exact) mass is 288 g/mol. The molecule has 4 nitrogen and oxygen atoms in total. The first-order valence-corrected chi connectivity index (χ1v) is 7.26. The molecule has 0 amide bonds. The number of fused-ring (bicyclic) bond motifs is 3. The van der Waals surface area contributed by atoms with Crippen LogP contribution in [-0.4, -0.2) is 21.8 Å². The highest BCUT2D eigenvalue weighted by molar-refractivity contribution is 5.89. The van der Waals surface area contributed by atoms with Crippen molar-refractivity contribution in [1.82, 2.24) is 0 Å². The number of phenolic OH excluding ortho intramolecular Hbond substituents is 1. The first-order valence-electron chi connectivity index (χ1n) is 7.26. The van der Waals surface area contributed by atoms with Gasteiger partial charge in [0.25, 0.3) is 0 Å². The van der Waals surface area contributed by atoms with E-state index < -0.39 is 5.97 Å². The van der Waals surface area contributed by atoms with Crippen LogP contribution in [0.3, 0.4) is 0 Å². The van der Waals surface area contributed by atoms with Crippen LogP contribution in [0.4, 0.5) is 0 Å². The summed E-state index contributed by atoms with van der Waals surface area (Å²) in [6.07, 6.45) is 4.24. The molecule has 0 spiro atoms. The minimum absolute atomic E-state index is 0.0151. The Balaban J connectivity index is 2.20. The lowest BCUT2D eigenvalue weighted by Crippen LogP contribution is -2.45. The molecular formula is C17H20O4. The molecule has 0 saturated carbocycles. The molecule has 4 heteroatoms. The fourth-order valence-electron chi connectivity index (χ4n) is 3.65. The molecule has 0 fully saturated rings. The zero-order valence-electron chi connectivity index (χ0n) is 12.5. The first kappa shape index (κ1) is 14.0. The number of carbonyl (C=O) groups is 1. The number of rotatable bonds is 1. The lowest BCUT2D eigenvalue weighted by atomic mass is 9.68. The SMILES string of the molecule is CC1=C[C@H]2c3c(O)cc(C(=O)O)cc3OC(C)(C)[C@@H]2CC1. The van der Waals surface area contributed by atoms with Gasteiger partial charge in [-0.15, -0.1) is 0 Å². The van der Waals surface area contributed by atoms with Gasteiger partial charge in [-0.2, -0.15) is 0 Å². The summed E-state index contributed by atoms with van der Waals surface area (Å²) in [5.74, 6) is -0.187. The van der Waals surface area contributed by atoms with Gasteiger partial charge in [0.05, 0.1) is 5.56 Å². The van der Waals surface area contributed by atoms with Gasteiger partial charge in [-0.05, 0) is 45.7 Å². The molecule has 2 aliphatic rings. The summed E-state index contributed by atoms with van der Waals surface area (Å²) >= 11 is 0. The Bertz CT molecular complexity index is 642. The second kappa shape index (κ2) is 4.52. The molecule has 1 aromatic rings. The van der Waals surface area contributed by atoms with Gasteiger partial charge >= 0.3 is 5.97 Å². The number of carboxylic acid groups (broad SMARTS) is 1. The number of hydrogen-bond acceptors (Lipinski definition) is 3. The summed E-state index contributed by atoms with van der Waals surface area (Å²) in [4.78, 5) is 11.2. The van der Waals surface area contributed by atoms with E-state index in [0.29, 0.717) is 5.75 Å². The topological polar surface area (TPSA) is 66.8 Å². The maximum Gasteiger partial charge on any atom is 0.335 e. The molecule has 0 saturated heterocycles. The first-order chi connectivity index (χ1) is 9.79. The molecule has 112 valence electrons. The Morgan fingerprint density at radius 1 is 1.38 bits per heavy atom. The molecule has 0 radical (unpaired) electrons. The molecule has 1 aliphatic heterocycles. The number of hydrogen-bond donors (Lipinski definition) is 2. The Kier molecular flexibility index (Phi) is 3.01. The zero-order chi connectivity index (χ0) is 15.4. The predicted octanol–water partition coefficient (Wildman–Crippen LogP) is 3.70. The molecule has 0 bridgehead atoms. The third-order valence-electron chi connectivity index (χ3n) is 4.71. The summed E-state index contributed by atoms with van der Waals surface area (Å²) in [7, 11) is 0. The Morgan fingerprint density at radius 2 is 2.10 bits per heavy atom. The summed E-state index contributed by atoms with van der Waals surface area (Å²) in [5.41, 5.74) is 1.71. The van der Waals surface area contributed by atoms with Crippen LogP contribution in [0.25, 0.3) is 0 Å². The number of ether oxygens (including phenoxy) is 1. The van der Waals surface area contributed by atoms with E-state index in [9.17, 15) is 9.90 Å². The average molecular weight is 288 g/mol. The van der Waals surface area contributed by atoms with Crippen LogP contribution in [0.2, 0.25) is 0 Å². The fourth-order valence-corrected chi connectivity index (χ4v) is 3.65. The van der Waals surface area contributed by atoms with Gasteiger partial charge in [-0.1, -0.05) is 11.6 Å². The summed E-state index contributed by atoms with van der Waals surface area (Å²) < 4.78 is 6.04. The van der Waals surface area contributed by atoms with Gasteiger partial charge in [-0.3, -0.25) is 0 Å². The zero-order valence-corrected chi connectivity index (χ0v) is 12.5. The van der Waals surface area contributed by atoms with E-state index in [0.717, 1.165) is 18.4 Å². The van der Waals surface area contributed by atoms with Crippen molar-refractivity contribution in [2.75, 3.05) is 0 Å². The van der Waals surface area contributed by atoms with E-state index in [1.54, 1.807) is 0 Å². The van der Waals surface area contributed by atoms with Crippen molar-refractivity contribution in [3.63, 3.8) is 0 Å². The van der Waals surface area contributed by atoms with Crippen molar-refractivity contribution >= 4 is 5.97 Å². The lowest BCUT2D eigenvalue weighted by Gasteiger charge is -2.46. The Labute approximate surface area is 124 Å². The lowest BCUT2D eigenvalue weighted by molar-refractivity contribution is 0.0106. The van der Waals surface area contributed by atoms with Crippen molar-refractivity contribution in [1.29, 1.82) is 0 Å². The Morgan fingerprint density at radius 3 is 2.76 bits per heavy atom. The van der Waals surface area contributed by atoms with E-state index in [2.05, 4.69) is 13.0 Å². The number of allylic oxidation sites excluding steroid dienone is 2. The van der Waals surface area contributed by atoms with Crippen LogP contribution >= 0.6 is 0 Å². The standard InChI is InChI=1S/C17H20O4/c1-9-4-5-12-11(6-9)15-13(18)7-10(16(19)20)8-14(15)21-17(12,2)3/h6-8,11-12,18H,4-5H2,1-3H3,(H,19,20)/t11-,12-/m1/s1. The summed E-state index contributed by atoms with van der Waals surface area (Å²) in [6, 6.07) is 2.84. The number of aromatic carboxylic acids is 1. The average Bonchev–Trinajstić information content (AvgIpc) is 2.36. The largest absolute Gasteiger partial charge is 0.507 e. The van der Waals surface area contributed by atoms with Gasteiger partial charge in [0.2, 0.25) is 0 Å². The predicted molar refractivity (Wildman–Crippen MR) is 79.0 cm³/mol. The molecule has 1 aliphatic carbocycles. The maximum absolute atomic E-state index is 11.2. The highest BCUT2D eigenvalue weighted by Gasteiger charge is 2.45. The maximum atomic E-state index is 11.2. The van der Waals surface area contributed by atoms with E-state index in [4.69, 9.17) is 9.84 Å². The molecular weight excluding hydrogens is 268 g/mol. The summed E-state index contributed by atoms with van der Waals surface area (Å²) in [5, 5.41) is 19.4. The van der Waals surface area contributed by atoms with E-state index in [-0.39, 0.29) is 28.7 Å². The third kappa shape index (κ3) is 2.19. The highest BCUT2D eigenvalue weighted by Crippen LogP contribution is 2.53. The smallest absolute Gasteiger partial charge is 0.335 e. The van der Waals surface area contributed by atoms with Crippen molar-refractivity contribution in [2.24, 2.45) is 5.92 Å². The van der Waals surface area contributed by atoms with Crippen LogP contribution in [0.1, 0.15) is 55.5 Å². The van der Waals surface area contributed by atoms with Crippen LogP contribution in [0, 0.1) is 5.92 Å². The van der Waals surface area contributed by atoms with Crippen LogP contribution in [-0.2, 0) is 0 Å².